The number of hydrogen-bond donors (Lipinski definition) is 1. The van der Waals surface area contributed by atoms with Gasteiger partial charge in [0.2, 0.25) is 0 Å². The lowest BCUT2D eigenvalue weighted by Gasteiger charge is -2.34. The van der Waals surface area contributed by atoms with Gasteiger partial charge in [-0.3, -0.25) is 0 Å². The highest BCUT2D eigenvalue weighted by Gasteiger charge is 2.39. The smallest absolute Gasteiger partial charge is 0.258 e. The van der Waals surface area contributed by atoms with Crippen molar-refractivity contribution < 1.29 is 14.0 Å². The molecule has 0 atom stereocenters. The number of aromatic nitrogens is 2. The Morgan fingerprint density at radius 2 is 2.13 bits per heavy atom. The van der Waals surface area contributed by atoms with E-state index in [1.54, 1.807) is 14.2 Å². The van der Waals surface area contributed by atoms with Crippen LogP contribution in [-0.4, -0.2) is 24.4 Å². The van der Waals surface area contributed by atoms with Gasteiger partial charge in [0.1, 0.15) is 0 Å². The predicted octanol–water partition coefficient (Wildman–Crippen LogP) is 2.82. The van der Waals surface area contributed by atoms with Crippen molar-refractivity contribution in [3.05, 3.63) is 36.2 Å². The number of benzene rings is 1. The van der Waals surface area contributed by atoms with E-state index in [0.29, 0.717) is 29.6 Å². The van der Waals surface area contributed by atoms with Crippen LogP contribution in [0.2, 0.25) is 0 Å². The maximum absolute atomic E-state index is 6.25. The minimum absolute atomic E-state index is 0.433. The molecule has 0 aliphatic heterocycles. The Morgan fingerprint density at radius 3 is 2.70 bits per heavy atom. The zero-order chi connectivity index (χ0) is 16.4. The minimum atomic E-state index is -0.442. The van der Waals surface area contributed by atoms with Crippen LogP contribution in [0.25, 0.3) is 11.5 Å². The summed E-state index contributed by atoms with van der Waals surface area (Å²) in [5.41, 5.74) is 7.54. The molecule has 1 aliphatic rings. The van der Waals surface area contributed by atoms with Crippen LogP contribution in [-0.2, 0) is 12.0 Å². The van der Waals surface area contributed by atoms with E-state index in [9.17, 15) is 0 Å². The molecule has 1 saturated carbocycles. The Bertz CT molecular complexity index is 720. The predicted molar refractivity (Wildman–Crippen MR) is 86.5 cm³/mol. The largest absolute Gasteiger partial charge is 0.493 e. The molecule has 2 aromatic rings. The average molecular weight is 315 g/mol. The summed E-state index contributed by atoms with van der Waals surface area (Å²) in [5, 5.41) is 4.06. The highest BCUT2D eigenvalue weighted by Crippen LogP contribution is 2.39. The molecule has 0 radical (unpaired) electrons. The molecule has 6 nitrogen and oxygen atoms in total. The van der Waals surface area contributed by atoms with E-state index >= 15 is 0 Å². The molecule has 23 heavy (non-hydrogen) atoms. The molecule has 0 bridgehead atoms. The Balaban J connectivity index is 2.02. The molecule has 1 fully saturated rings. The first-order chi connectivity index (χ1) is 11.1. The van der Waals surface area contributed by atoms with Crippen molar-refractivity contribution in [1.29, 1.82) is 0 Å². The standard InChI is InChI=1S/C17H21N3O3/c1-4-6-11-9-12(10-13(21-2)14(11)22-3)15-19-16(20-23-15)17(18)7-5-8-17/h4,9-10H,1,5-8,18H2,2-3H3. The molecule has 0 saturated heterocycles. The summed E-state index contributed by atoms with van der Waals surface area (Å²) in [4.78, 5) is 4.48. The summed E-state index contributed by atoms with van der Waals surface area (Å²) >= 11 is 0. The Labute approximate surface area is 135 Å². The number of allylic oxidation sites excluding steroid dienone is 1. The fraction of sp³-hybridized carbons (Fsp3) is 0.412. The van der Waals surface area contributed by atoms with Crippen molar-refractivity contribution in [2.75, 3.05) is 14.2 Å². The molecule has 3 rings (SSSR count). The monoisotopic (exact) mass is 315 g/mol. The molecule has 0 unspecified atom stereocenters. The van der Waals surface area contributed by atoms with Crippen LogP contribution in [0.1, 0.15) is 30.7 Å². The molecule has 1 aromatic heterocycles. The van der Waals surface area contributed by atoms with Gasteiger partial charge < -0.3 is 19.7 Å². The number of methoxy groups -OCH3 is 2. The topological polar surface area (TPSA) is 83.4 Å². The average Bonchev–Trinajstić information content (AvgIpc) is 3.02. The van der Waals surface area contributed by atoms with Gasteiger partial charge in [-0.25, -0.2) is 0 Å². The molecule has 2 N–H and O–H groups in total. The lowest BCUT2D eigenvalue weighted by molar-refractivity contribution is 0.229. The van der Waals surface area contributed by atoms with Gasteiger partial charge in [-0.1, -0.05) is 11.2 Å². The maximum atomic E-state index is 6.25. The molecule has 1 aromatic carbocycles. The SMILES string of the molecule is C=CCc1cc(-c2nc(C3(N)CCC3)no2)cc(OC)c1OC. The Kier molecular flexibility index (Phi) is 4.09. The summed E-state index contributed by atoms with van der Waals surface area (Å²) in [6.07, 6.45) is 5.33. The highest BCUT2D eigenvalue weighted by molar-refractivity contribution is 5.63. The fourth-order valence-corrected chi connectivity index (χ4v) is 2.80. The Hall–Kier alpha value is -2.34. The van der Waals surface area contributed by atoms with Gasteiger partial charge in [0.15, 0.2) is 17.3 Å². The van der Waals surface area contributed by atoms with E-state index in [0.717, 1.165) is 30.4 Å². The van der Waals surface area contributed by atoms with Gasteiger partial charge in [0.05, 0.1) is 19.8 Å². The first kappa shape index (κ1) is 15.6. The number of nitrogens with zero attached hydrogens (tertiary/aromatic N) is 2. The van der Waals surface area contributed by atoms with Crippen LogP contribution in [0, 0.1) is 0 Å². The molecule has 1 heterocycles. The molecular formula is C17H21N3O3. The van der Waals surface area contributed by atoms with E-state index < -0.39 is 5.54 Å². The first-order valence-corrected chi connectivity index (χ1v) is 7.60. The molecule has 122 valence electrons. The highest BCUT2D eigenvalue weighted by atomic mass is 16.5. The van der Waals surface area contributed by atoms with Crippen molar-refractivity contribution >= 4 is 0 Å². The van der Waals surface area contributed by atoms with E-state index in [1.165, 1.54) is 0 Å². The number of hydrogen-bond acceptors (Lipinski definition) is 6. The van der Waals surface area contributed by atoms with Crippen molar-refractivity contribution in [1.82, 2.24) is 10.1 Å². The van der Waals surface area contributed by atoms with Crippen molar-refractivity contribution in [2.24, 2.45) is 5.73 Å². The molecule has 0 amide bonds. The molecule has 1 aliphatic carbocycles. The number of ether oxygens (including phenoxy) is 2. The number of rotatable bonds is 6. The van der Waals surface area contributed by atoms with E-state index in [1.807, 2.05) is 18.2 Å². The summed E-state index contributed by atoms with van der Waals surface area (Å²) in [6.45, 7) is 3.78. The maximum Gasteiger partial charge on any atom is 0.258 e. The summed E-state index contributed by atoms with van der Waals surface area (Å²) < 4.78 is 16.3. The van der Waals surface area contributed by atoms with E-state index in [4.69, 9.17) is 19.7 Å². The van der Waals surface area contributed by atoms with Crippen LogP contribution in [0.5, 0.6) is 11.5 Å². The zero-order valence-corrected chi connectivity index (χ0v) is 13.5. The minimum Gasteiger partial charge on any atom is -0.493 e. The van der Waals surface area contributed by atoms with E-state index in [-0.39, 0.29) is 0 Å². The van der Waals surface area contributed by atoms with Gasteiger partial charge in [0, 0.05) is 11.1 Å². The van der Waals surface area contributed by atoms with Crippen LogP contribution in [0.3, 0.4) is 0 Å². The van der Waals surface area contributed by atoms with Crippen LogP contribution < -0.4 is 15.2 Å². The summed E-state index contributed by atoms with van der Waals surface area (Å²) in [7, 11) is 3.21. The van der Waals surface area contributed by atoms with Gasteiger partial charge in [-0.2, -0.15) is 4.98 Å². The lowest BCUT2D eigenvalue weighted by Crippen LogP contribution is -2.44. The third-order valence-electron chi connectivity index (χ3n) is 4.28. The number of nitrogens with two attached hydrogens (primary N) is 1. The van der Waals surface area contributed by atoms with Gasteiger partial charge >= 0.3 is 0 Å². The first-order valence-electron chi connectivity index (χ1n) is 7.60. The lowest BCUT2D eigenvalue weighted by atomic mass is 9.77. The Morgan fingerprint density at radius 1 is 1.35 bits per heavy atom. The molecular weight excluding hydrogens is 294 g/mol. The van der Waals surface area contributed by atoms with Crippen LogP contribution in [0.15, 0.2) is 29.3 Å². The van der Waals surface area contributed by atoms with Gasteiger partial charge in [-0.05, 0) is 37.8 Å². The molecule has 0 spiro atoms. The second-order valence-corrected chi connectivity index (χ2v) is 5.80. The van der Waals surface area contributed by atoms with Crippen molar-refractivity contribution in [3.8, 4) is 23.0 Å². The second-order valence-electron chi connectivity index (χ2n) is 5.80. The fourth-order valence-electron chi connectivity index (χ4n) is 2.80. The summed E-state index contributed by atoms with van der Waals surface area (Å²) in [5.74, 6) is 2.31. The molecule has 6 heteroatoms. The van der Waals surface area contributed by atoms with Gasteiger partial charge in [0.25, 0.3) is 5.89 Å². The second kappa shape index (κ2) is 6.04. The quantitative estimate of drug-likeness (QED) is 0.825. The third kappa shape index (κ3) is 2.70. The van der Waals surface area contributed by atoms with Gasteiger partial charge in [-0.15, -0.1) is 6.58 Å². The normalized spacial score (nSPS) is 15.8. The third-order valence-corrected chi connectivity index (χ3v) is 4.28. The summed E-state index contributed by atoms with van der Waals surface area (Å²) in [6, 6.07) is 3.77. The van der Waals surface area contributed by atoms with Crippen LogP contribution >= 0.6 is 0 Å². The van der Waals surface area contributed by atoms with Crippen LogP contribution in [0.4, 0.5) is 0 Å². The van der Waals surface area contributed by atoms with Crippen molar-refractivity contribution in [2.45, 2.75) is 31.2 Å². The van der Waals surface area contributed by atoms with Crippen molar-refractivity contribution in [3.63, 3.8) is 0 Å². The zero-order valence-electron chi connectivity index (χ0n) is 13.5. The van der Waals surface area contributed by atoms with E-state index in [2.05, 4.69) is 16.7 Å².